The number of phenols is 1. The largest absolute Gasteiger partial charge is 0.508 e. The fourth-order valence-electron chi connectivity index (χ4n) is 5.84. The molecule has 1 amide bonds. The lowest BCUT2D eigenvalue weighted by Gasteiger charge is -2.50. The van der Waals surface area contributed by atoms with Crippen molar-refractivity contribution in [3.8, 4) is 5.75 Å². The molecular weight excluding hydrogens is 466 g/mol. The second-order valence-corrected chi connectivity index (χ2v) is 9.30. The van der Waals surface area contributed by atoms with Crippen molar-refractivity contribution in [3.05, 3.63) is 52.4 Å². The molecule has 10 nitrogen and oxygen atoms in total. The summed E-state index contributed by atoms with van der Waals surface area (Å²) in [6.45, 7) is 4.00. The number of fused-ring (bicyclic) bond motifs is 4. The molecule has 0 saturated heterocycles. The van der Waals surface area contributed by atoms with Crippen molar-refractivity contribution in [2.24, 2.45) is 17.6 Å². The number of aromatic nitrogens is 1. The molecule has 0 spiro atoms. The molecular formula is C26H29N3O7. The topological polar surface area (TPSA) is 174 Å². The van der Waals surface area contributed by atoms with Crippen LogP contribution in [0.4, 0.5) is 0 Å². The van der Waals surface area contributed by atoms with Crippen molar-refractivity contribution in [3.63, 3.8) is 0 Å². The zero-order chi connectivity index (χ0) is 26.7. The highest BCUT2D eigenvalue weighted by atomic mass is 16.3. The third-order valence-corrected chi connectivity index (χ3v) is 7.28. The summed E-state index contributed by atoms with van der Waals surface area (Å²) in [6, 6.07) is 4.14. The van der Waals surface area contributed by atoms with E-state index in [-0.39, 0.29) is 35.2 Å². The number of likely N-dealkylation sites (N-methyl/N-ethyl adjacent to an activating group) is 1. The zero-order valence-electron chi connectivity index (χ0n) is 20.4. The maximum absolute atomic E-state index is 13.7. The standard InChI is InChI=1S/C24H23N3O7.C2H6/c1-27(2)17-12-8-11-7-10-6-9-4-3-5-26-16(9)19(29)13(10)18(28)14(11)21(31)24(12,34)22(32)15(20(17)30)23(25)33;1-2/h3-6,11-12,17,28-29,32,34H,7-8H2,1-2H3,(H2,25,33);1-2H3/t11-,12-,17-,24-;/m0./s1. The first-order chi connectivity index (χ1) is 17.0. The van der Waals surface area contributed by atoms with E-state index >= 15 is 0 Å². The summed E-state index contributed by atoms with van der Waals surface area (Å²) in [6.07, 6.45) is 1.78. The van der Waals surface area contributed by atoms with Gasteiger partial charge in [-0.3, -0.25) is 24.3 Å². The number of ketones is 2. The number of carbonyl (C=O) groups is 3. The van der Waals surface area contributed by atoms with E-state index in [4.69, 9.17) is 5.73 Å². The molecule has 2 aromatic rings. The summed E-state index contributed by atoms with van der Waals surface area (Å²) >= 11 is 0. The van der Waals surface area contributed by atoms with Crippen LogP contribution < -0.4 is 5.73 Å². The van der Waals surface area contributed by atoms with Gasteiger partial charge in [-0.25, -0.2) is 0 Å². The Kier molecular flexibility index (Phi) is 6.14. The van der Waals surface area contributed by atoms with E-state index in [0.29, 0.717) is 10.9 Å². The average Bonchev–Trinajstić information content (AvgIpc) is 2.82. The normalized spacial score (nSPS) is 27.3. The van der Waals surface area contributed by atoms with Crippen LogP contribution in [0.3, 0.4) is 0 Å². The van der Waals surface area contributed by atoms with Gasteiger partial charge in [0.05, 0.1) is 11.6 Å². The fraction of sp³-hybridized carbons (Fsp3) is 0.385. The van der Waals surface area contributed by atoms with E-state index < -0.39 is 58.0 Å². The predicted octanol–water partition coefficient (Wildman–Crippen LogP) is 1.54. The number of aromatic hydroxyl groups is 1. The van der Waals surface area contributed by atoms with Crippen molar-refractivity contribution in [1.82, 2.24) is 9.88 Å². The summed E-state index contributed by atoms with van der Waals surface area (Å²) in [5, 5.41) is 45.0. The molecule has 5 rings (SSSR count). The van der Waals surface area contributed by atoms with Crippen LogP contribution in [-0.4, -0.2) is 73.5 Å². The van der Waals surface area contributed by atoms with Crippen LogP contribution in [0.2, 0.25) is 0 Å². The number of aliphatic hydroxyl groups excluding tert-OH is 2. The molecule has 36 heavy (non-hydrogen) atoms. The molecule has 1 aromatic heterocycles. The molecule has 1 aromatic carbocycles. The van der Waals surface area contributed by atoms with Crippen LogP contribution in [0.15, 0.2) is 41.3 Å². The van der Waals surface area contributed by atoms with Crippen molar-refractivity contribution < 1.29 is 34.8 Å². The van der Waals surface area contributed by atoms with Gasteiger partial charge in [0.25, 0.3) is 5.91 Å². The van der Waals surface area contributed by atoms with Crippen molar-refractivity contribution in [2.45, 2.75) is 38.3 Å². The third-order valence-electron chi connectivity index (χ3n) is 7.28. The number of pyridine rings is 1. The van der Waals surface area contributed by atoms with Gasteiger partial charge in [-0.1, -0.05) is 19.9 Å². The van der Waals surface area contributed by atoms with Gasteiger partial charge in [0.1, 0.15) is 22.6 Å². The molecule has 10 heteroatoms. The van der Waals surface area contributed by atoms with Crippen LogP contribution in [0.25, 0.3) is 16.7 Å². The van der Waals surface area contributed by atoms with E-state index in [1.165, 1.54) is 11.1 Å². The van der Waals surface area contributed by atoms with Crippen LogP contribution in [-0.2, 0) is 20.8 Å². The minimum Gasteiger partial charge on any atom is -0.508 e. The number of nitrogens with zero attached hydrogens (tertiary/aromatic N) is 2. The molecule has 0 aliphatic heterocycles. The molecule has 0 unspecified atom stereocenters. The van der Waals surface area contributed by atoms with E-state index in [0.717, 1.165) is 0 Å². The summed E-state index contributed by atoms with van der Waals surface area (Å²) in [5.41, 5.74) is 2.51. The number of amides is 1. The van der Waals surface area contributed by atoms with Crippen LogP contribution in [0.5, 0.6) is 5.75 Å². The Balaban J connectivity index is 0.00000148. The zero-order valence-corrected chi connectivity index (χ0v) is 20.4. The molecule has 1 fully saturated rings. The summed E-state index contributed by atoms with van der Waals surface area (Å²) < 4.78 is 0. The second-order valence-electron chi connectivity index (χ2n) is 9.30. The Bertz CT molecular complexity index is 1380. The Morgan fingerprint density at radius 3 is 2.47 bits per heavy atom. The Morgan fingerprint density at radius 1 is 1.19 bits per heavy atom. The number of hydrogen-bond donors (Lipinski definition) is 5. The highest BCUT2D eigenvalue weighted by Gasteiger charge is 2.64. The molecule has 3 aliphatic rings. The van der Waals surface area contributed by atoms with Gasteiger partial charge in [0.2, 0.25) is 5.78 Å². The molecule has 1 heterocycles. The second kappa shape index (κ2) is 8.72. The first-order valence-electron chi connectivity index (χ1n) is 11.7. The number of nitrogens with two attached hydrogens (primary N) is 1. The monoisotopic (exact) mass is 495 g/mol. The van der Waals surface area contributed by atoms with E-state index in [9.17, 15) is 34.8 Å². The number of aliphatic hydroxyl groups is 3. The van der Waals surface area contributed by atoms with E-state index in [2.05, 4.69) is 4.98 Å². The molecule has 6 N–H and O–H groups in total. The lowest BCUT2D eigenvalue weighted by Crippen LogP contribution is -2.65. The molecule has 4 atom stereocenters. The maximum Gasteiger partial charge on any atom is 0.255 e. The quantitative estimate of drug-likeness (QED) is 0.387. The van der Waals surface area contributed by atoms with E-state index in [1.54, 1.807) is 32.3 Å². The van der Waals surface area contributed by atoms with Crippen molar-refractivity contribution in [2.75, 3.05) is 14.1 Å². The van der Waals surface area contributed by atoms with Crippen LogP contribution in [0.1, 0.15) is 31.4 Å². The first-order valence-corrected chi connectivity index (χ1v) is 11.7. The maximum atomic E-state index is 13.7. The van der Waals surface area contributed by atoms with E-state index in [1.807, 2.05) is 13.8 Å². The SMILES string of the molecule is CC.CN(C)[C@@H]1C(=O)C(C(N)=O)=C(O)[C@@]2(O)C(=O)C3=C(O)c4c(cc5cccnc5c4O)C[C@H]3C[C@@H]12. The lowest BCUT2D eigenvalue weighted by molar-refractivity contribution is -0.153. The number of benzene rings is 1. The van der Waals surface area contributed by atoms with Crippen LogP contribution in [0, 0.1) is 11.8 Å². The number of primary amides is 1. The minimum absolute atomic E-state index is 0.0301. The van der Waals surface area contributed by atoms with Crippen molar-refractivity contribution in [1.29, 1.82) is 0 Å². The number of Topliss-reactive ketones (excluding diaryl/α,β-unsaturated/α-hetero) is 2. The third kappa shape index (κ3) is 3.25. The minimum atomic E-state index is -2.64. The van der Waals surface area contributed by atoms with Crippen molar-refractivity contribution >= 4 is 34.1 Å². The molecule has 1 saturated carbocycles. The summed E-state index contributed by atoms with van der Waals surface area (Å²) in [7, 11) is 3.12. The van der Waals surface area contributed by atoms with Gasteiger partial charge < -0.3 is 26.2 Å². The smallest absolute Gasteiger partial charge is 0.255 e. The molecule has 0 bridgehead atoms. The predicted molar refractivity (Wildman–Crippen MR) is 131 cm³/mol. The Morgan fingerprint density at radius 2 is 1.86 bits per heavy atom. The van der Waals surface area contributed by atoms with Crippen LogP contribution >= 0.6 is 0 Å². The van der Waals surface area contributed by atoms with Gasteiger partial charge in [-0.15, -0.1) is 0 Å². The van der Waals surface area contributed by atoms with Gasteiger partial charge in [0.15, 0.2) is 17.1 Å². The Labute approximate surface area is 207 Å². The van der Waals surface area contributed by atoms with Gasteiger partial charge in [-0.2, -0.15) is 0 Å². The van der Waals surface area contributed by atoms with Gasteiger partial charge >= 0.3 is 0 Å². The average molecular weight is 496 g/mol. The Hall–Kier alpha value is -3.76. The highest BCUT2D eigenvalue weighted by molar-refractivity contribution is 6.24. The summed E-state index contributed by atoms with van der Waals surface area (Å²) in [4.78, 5) is 44.4. The molecule has 190 valence electrons. The number of carbonyl (C=O) groups excluding carboxylic acids is 3. The highest BCUT2D eigenvalue weighted by Crippen LogP contribution is 2.53. The van der Waals surface area contributed by atoms with Gasteiger partial charge in [-0.05, 0) is 50.6 Å². The van der Waals surface area contributed by atoms with Gasteiger partial charge in [0, 0.05) is 23.1 Å². The number of rotatable bonds is 2. The first kappa shape index (κ1) is 25.3. The fourth-order valence-corrected chi connectivity index (χ4v) is 5.84. The molecule has 3 aliphatic carbocycles. The number of phenolic OH excluding ortho intramolecular Hbond substituents is 1. The lowest BCUT2D eigenvalue weighted by atomic mass is 9.57. The number of hydrogen-bond acceptors (Lipinski definition) is 9. The molecule has 0 radical (unpaired) electrons. The summed E-state index contributed by atoms with van der Waals surface area (Å²) in [5.74, 6) is -6.71.